The standard InChI is InChI=1S/C15H22N2O/c1-15(2)10-17(7-8-18-15)14-6-3-11-9-12(16)4-5-13(11)14/h4-5,9,14H,3,6-8,10,16H2,1-2H3. The number of benzene rings is 1. The molecule has 3 rings (SSSR count). The van der Waals surface area contributed by atoms with Crippen molar-refractivity contribution in [2.24, 2.45) is 0 Å². The number of hydrogen-bond donors (Lipinski definition) is 1. The number of aryl methyl sites for hydroxylation is 1. The van der Waals surface area contributed by atoms with Crippen LogP contribution in [0.1, 0.15) is 37.4 Å². The lowest BCUT2D eigenvalue weighted by atomic mass is 10.0. The van der Waals surface area contributed by atoms with E-state index in [1.54, 1.807) is 0 Å². The van der Waals surface area contributed by atoms with E-state index in [2.05, 4.69) is 30.9 Å². The molecular weight excluding hydrogens is 224 g/mol. The van der Waals surface area contributed by atoms with Crippen LogP contribution in [0.5, 0.6) is 0 Å². The fraction of sp³-hybridized carbons (Fsp3) is 0.600. The number of ether oxygens (including phenoxy) is 1. The quantitative estimate of drug-likeness (QED) is 0.773. The highest BCUT2D eigenvalue weighted by Gasteiger charge is 2.34. The Bertz CT molecular complexity index is 456. The highest BCUT2D eigenvalue weighted by atomic mass is 16.5. The fourth-order valence-corrected chi connectivity index (χ4v) is 3.31. The molecule has 0 bridgehead atoms. The molecule has 0 radical (unpaired) electrons. The van der Waals surface area contributed by atoms with Gasteiger partial charge in [0, 0.05) is 24.8 Å². The molecule has 0 aromatic heterocycles. The average Bonchev–Trinajstić information content (AvgIpc) is 2.70. The summed E-state index contributed by atoms with van der Waals surface area (Å²) in [5, 5.41) is 0. The zero-order valence-corrected chi connectivity index (χ0v) is 11.3. The molecule has 1 fully saturated rings. The summed E-state index contributed by atoms with van der Waals surface area (Å²) in [7, 11) is 0. The van der Waals surface area contributed by atoms with Gasteiger partial charge < -0.3 is 10.5 Å². The van der Waals surface area contributed by atoms with Crippen LogP contribution in [0.3, 0.4) is 0 Å². The van der Waals surface area contributed by atoms with Gasteiger partial charge >= 0.3 is 0 Å². The number of morpholine rings is 1. The second-order valence-corrected chi connectivity index (χ2v) is 6.09. The van der Waals surface area contributed by atoms with Gasteiger partial charge in [0.25, 0.3) is 0 Å². The minimum atomic E-state index is -0.0190. The topological polar surface area (TPSA) is 38.5 Å². The van der Waals surface area contributed by atoms with Crippen LogP contribution in [0.2, 0.25) is 0 Å². The second kappa shape index (κ2) is 4.25. The molecule has 1 aromatic rings. The van der Waals surface area contributed by atoms with Gasteiger partial charge in [-0.25, -0.2) is 0 Å². The van der Waals surface area contributed by atoms with Gasteiger partial charge in [0.15, 0.2) is 0 Å². The molecule has 0 spiro atoms. The van der Waals surface area contributed by atoms with Crippen LogP contribution < -0.4 is 5.73 Å². The summed E-state index contributed by atoms with van der Waals surface area (Å²) >= 11 is 0. The van der Waals surface area contributed by atoms with Crippen molar-refractivity contribution in [3.63, 3.8) is 0 Å². The first kappa shape index (κ1) is 12.0. The van der Waals surface area contributed by atoms with Gasteiger partial charge in [-0.2, -0.15) is 0 Å². The zero-order valence-electron chi connectivity index (χ0n) is 11.3. The van der Waals surface area contributed by atoms with Gasteiger partial charge in [-0.15, -0.1) is 0 Å². The van der Waals surface area contributed by atoms with Crippen LogP contribution in [0.25, 0.3) is 0 Å². The maximum absolute atomic E-state index is 5.86. The molecule has 1 unspecified atom stereocenters. The predicted octanol–water partition coefficient (Wildman–Crippen LogP) is 2.37. The van der Waals surface area contributed by atoms with Crippen molar-refractivity contribution in [2.75, 3.05) is 25.4 Å². The Labute approximate surface area is 109 Å². The van der Waals surface area contributed by atoms with Gasteiger partial charge in [0.05, 0.1) is 12.2 Å². The summed E-state index contributed by atoms with van der Waals surface area (Å²) in [5.74, 6) is 0. The van der Waals surface area contributed by atoms with Crippen LogP contribution in [0, 0.1) is 0 Å². The molecule has 3 heteroatoms. The molecule has 2 aliphatic rings. The minimum Gasteiger partial charge on any atom is -0.399 e. The Kier molecular flexibility index (Phi) is 2.83. The fourth-order valence-electron chi connectivity index (χ4n) is 3.31. The normalized spacial score (nSPS) is 27.1. The highest BCUT2D eigenvalue weighted by molar-refractivity contribution is 5.47. The summed E-state index contributed by atoms with van der Waals surface area (Å²) in [5.41, 5.74) is 9.64. The maximum Gasteiger partial charge on any atom is 0.0753 e. The maximum atomic E-state index is 5.86. The predicted molar refractivity (Wildman–Crippen MR) is 73.5 cm³/mol. The van der Waals surface area contributed by atoms with Crippen molar-refractivity contribution in [1.82, 2.24) is 4.90 Å². The van der Waals surface area contributed by atoms with Crippen molar-refractivity contribution < 1.29 is 4.74 Å². The lowest BCUT2D eigenvalue weighted by molar-refractivity contribution is -0.0974. The van der Waals surface area contributed by atoms with Crippen molar-refractivity contribution in [3.8, 4) is 0 Å². The van der Waals surface area contributed by atoms with E-state index in [9.17, 15) is 0 Å². The molecule has 18 heavy (non-hydrogen) atoms. The van der Waals surface area contributed by atoms with E-state index in [1.165, 1.54) is 17.5 Å². The zero-order chi connectivity index (χ0) is 12.8. The lowest BCUT2D eigenvalue weighted by Crippen LogP contribution is -2.49. The molecule has 3 nitrogen and oxygen atoms in total. The number of nitrogen functional groups attached to an aromatic ring is 1. The van der Waals surface area contributed by atoms with E-state index in [-0.39, 0.29) is 5.60 Å². The molecule has 1 saturated heterocycles. The number of nitrogens with two attached hydrogens (primary N) is 1. The van der Waals surface area contributed by atoms with Gasteiger partial charge in [-0.05, 0) is 49.9 Å². The van der Waals surface area contributed by atoms with E-state index in [1.807, 2.05) is 6.07 Å². The van der Waals surface area contributed by atoms with Crippen molar-refractivity contribution >= 4 is 5.69 Å². The Balaban J connectivity index is 1.83. The molecule has 1 aromatic carbocycles. The Morgan fingerprint density at radius 2 is 2.22 bits per heavy atom. The van der Waals surface area contributed by atoms with Crippen LogP contribution in [0.4, 0.5) is 5.69 Å². The summed E-state index contributed by atoms with van der Waals surface area (Å²) in [4.78, 5) is 2.57. The molecule has 1 atom stereocenters. The van der Waals surface area contributed by atoms with E-state index in [0.29, 0.717) is 6.04 Å². The van der Waals surface area contributed by atoms with Gasteiger partial charge in [0.1, 0.15) is 0 Å². The number of nitrogens with zero attached hydrogens (tertiary/aromatic N) is 1. The largest absolute Gasteiger partial charge is 0.399 e. The Morgan fingerprint density at radius 1 is 1.39 bits per heavy atom. The first-order valence-corrected chi connectivity index (χ1v) is 6.81. The molecule has 1 aliphatic carbocycles. The Hall–Kier alpha value is -1.06. The average molecular weight is 246 g/mol. The van der Waals surface area contributed by atoms with Crippen molar-refractivity contribution in [2.45, 2.75) is 38.3 Å². The number of rotatable bonds is 1. The molecule has 0 amide bonds. The summed E-state index contributed by atoms with van der Waals surface area (Å²) < 4.78 is 5.80. The van der Waals surface area contributed by atoms with Crippen molar-refractivity contribution in [3.05, 3.63) is 29.3 Å². The number of fused-ring (bicyclic) bond motifs is 1. The second-order valence-electron chi connectivity index (χ2n) is 6.09. The summed E-state index contributed by atoms with van der Waals surface area (Å²) in [6.07, 6.45) is 2.37. The van der Waals surface area contributed by atoms with Crippen LogP contribution >= 0.6 is 0 Å². The van der Waals surface area contributed by atoms with Gasteiger partial charge in [0.2, 0.25) is 0 Å². The minimum absolute atomic E-state index is 0.0190. The number of anilines is 1. The summed E-state index contributed by atoms with van der Waals surface area (Å²) in [6, 6.07) is 6.94. The number of hydrogen-bond acceptors (Lipinski definition) is 3. The van der Waals surface area contributed by atoms with E-state index >= 15 is 0 Å². The van der Waals surface area contributed by atoms with E-state index in [0.717, 1.165) is 31.8 Å². The van der Waals surface area contributed by atoms with Gasteiger partial charge in [-0.1, -0.05) is 6.07 Å². The smallest absolute Gasteiger partial charge is 0.0753 e. The molecule has 2 N–H and O–H groups in total. The SMILES string of the molecule is CC1(C)CN(C2CCc3cc(N)ccc32)CCO1. The van der Waals surface area contributed by atoms with E-state index in [4.69, 9.17) is 10.5 Å². The Morgan fingerprint density at radius 3 is 3.00 bits per heavy atom. The molecule has 0 saturated carbocycles. The third-order valence-corrected chi connectivity index (χ3v) is 4.11. The first-order chi connectivity index (χ1) is 8.55. The summed E-state index contributed by atoms with van der Waals surface area (Å²) in [6.45, 7) is 7.25. The van der Waals surface area contributed by atoms with Crippen molar-refractivity contribution in [1.29, 1.82) is 0 Å². The van der Waals surface area contributed by atoms with E-state index < -0.39 is 0 Å². The highest BCUT2D eigenvalue weighted by Crippen LogP contribution is 2.38. The monoisotopic (exact) mass is 246 g/mol. The third kappa shape index (κ3) is 2.13. The molecule has 98 valence electrons. The van der Waals surface area contributed by atoms with Crippen LogP contribution in [-0.4, -0.2) is 30.2 Å². The third-order valence-electron chi connectivity index (χ3n) is 4.11. The molecular formula is C15H22N2O. The molecule has 1 heterocycles. The van der Waals surface area contributed by atoms with Crippen LogP contribution in [-0.2, 0) is 11.2 Å². The van der Waals surface area contributed by atoms with Gasteiger partial charge in [-0.3, -0.25) is 4.90 Å². The van der Waals surface area contributed by atoms with Crippen LogP contribution in [0.15, 0.2) is 18.2 Å². The lowest BCUT2D eigenvalue weighted by Gasteiger charge is -2.41. The molecule has 1 aliphatic heterocycles. The first-order valence-electron chi connectivity index (χ1n) is 6.81.